The zero-order chi connectivity index (χ0) is 21.3. The van der Waals surface area contributed by atoms with Crippen LogP contribution in [0.3, 0.4) is 0 Å². The molecule has 3 aromatic rings. The summed E-state index contributed by atoms with van der Waals surface area (Å²) in [6.07, 6.45) is -3.93. The van der Waals surface area contributed by atoms with Gasteiger partial charge in [-0.05, 0) is 43.3 Å². The third-order valence-electron chi connectivity index (χ3n) is 4.67. The lowest BCUT2D eigenvalue weighted by Crippen LogP contribution is -2.46. The first-order valence-electron chi connectivity index (χ1n) is 9.27. The number of anilines is 2. The number of ether oxygens (including phenoxy) is 1. The summed E-state index contributed by atoms with van der Waals surface area (Å²) in [5, 5.41) is 13.7. The van der Waals surface area contributed by atoms with Crippen molar-refractivity contribution in [2.45, 2.75) is 19.5 Å². The number of aryl methyl sites for hydroxylation is 1. The van der Waals surface area contributed by atoms with Crippen molar-refractivity contribution in [2.75, 3.05) is 23.4 Å². The summed E-state index contributed by atoms with van der Waals surface area (Å²) >= 11 is 0. The monoisotopic (exact) mass is 416 g/mol. The summed E-state index contributed by atoms with van der Waals surface area (Å²) in [6.45, 7) is 2.53. The first-order valence-corrected chi connectivity index (χ1v) is 9.27. The summed E-state index contributed by atoms with van der Waals surface area (Å²) in [7, 11) is 0. The van der Waals surface area contributed by atoms with E-state index in [4.69, 9.17) is 4.74 Å². The molecule has 9 heteroatoms. The molecule has 0 saturated heterocycles. The Hall–Kier alpha value is -3.33. The van der Waals surface area contributed by atoms with Gasteiger partial charge in [0.2, 0.25) is 6.35 Å². The van der Waals surface area contributed by atoms with Gasteiger partial charge in [-0.1, -0.05) is 12.1 Å². The minimum Gasteiger partial charge on any atom is -0.488 e. The number of fused-ring (bicyclic) bond motifs is 1. The topological polar surface area (TPSA) is 70.5 Å². The van der Waals surface area contributed by atoms with E-state index < -0.39 is 18.1 Å². The molecule has 2 aromatic heterocycles. The molecule has 0 radical (unpaired) electrons. The highest BCUT2D eigenvalue weighted by Crippen LogP contribution is 2.35. The van der Waals surface area contributed by atoms with Gasteiger partial charge in [-0.15, -0.1) is 0 Å². The van der Waals surface area contributed by atoms with Crippen LogP contribution in [0.25, 0.3) is 11.3 Å². The highest BCUT2D eigenvalue weighted by molar-refractivity contribution is 5.67. The van der Waals surface area contributed by atoms with Gasteiger partial charge in [0.05, 0.1) is 17.8 Å². The van der Waals surface area contributed by atoms with Crippen molar-refractivity contribution in [3.8, 4) is 17.0 Å². The van der Waals surface area contributed by atoms with E-state index in [0.717, 1.165) is 17.8 Å². The van der Waals surface area contributed by atoms with E-state index in [2.05, 4.69) is 15.3 Å². The molecule has 0 amide bonds. The Bertz CT molecular complexity index is 1060. The van der Waals surface area contributed by atoms with Crippen molar-refractivity contribution in [3.05, 3.63) is 66.0 Å². The molecule has 0 spiro atoms. The molecule has 1 aliphatic heterocycles. The summed E-state index contributed by atoms with van der Waals surface area (Å²) in [5.74, 6) is 0.797. The Morgan fingerprint density at radius 1 is 1.17 bits per heavy atom. The largest absolute Gasteiger partial charge is 0.488 e. The smallest absolute Gasteiger partial charge is 0.416 e. The van der Waals surface area contributed by atoms with Crippen molar-refractivity contribution in [2.24, 2.45) is 0 Å². The number of hydrogen-bond acceptors (Lipinski definition) is 6. The number of nitrogens with zero attached hydrogens (tertiary/aromatic N) is 3. The fourth-order valence-electron chi connectivity index (χ4n) is 3.23. The number of aromatic nitrogens is 2. The van der Waals surface area contributed by atoms with Crippen LogP contribution in [0.4, 0.5) is 24.7 Å². The molecule has 0 fully saturated rings. The molecule has 2 N–H and O–H groups in total. The van der Waals surface area contributed by atoms with Crippen LogP contribution >= 0.6 is 0 Å². The van der Waals surface area contributed by atoms with E-state index >= 15 is 0 Å². The molecule has 3 heterocycles. The van der Waals surface area contributed by atoms with Gasteiger partial charge >= 0.3 is 6.18 Å². The first-order chi connectivity index (χ1) is 14.3. The molecule has 156 valence electrons. The average Bonchev–Trinajstić information content (AvgIpc) is 2.72. The van der Waals surface area contributed by atoms with Crippen molar-refractivity contribution >= 4 is 11.5 Å². The standard InChI is InChI=1S/C21H19F3N4O2/c1-13-11-16(7-8-25-13)26-20(29)28-9-10-30-18-6-5-17(27-19(18)28)14-3-2-4-15(12-14)21(22,23)24/h2-8,11-12,20,29H,9-10H2,1H3,(H,25,26). The maximum Gasteiger partial charge on any atom is 0.416 e. The number of pyridine rings is 2. The van der Waals surface area contributed by atoms with E-state index in [1.807, 2.05) is 6.92 Å². The normalized spacial score (nSPS) is 14.6. The van der Waals surface area contributed by atoms with Gasteiger partial charge in [0.15, 0.2) is 11.6 Å². The van der Waals surface area contributed by atoms with E-state index in [1.54, 1.807) is 41.4 Å². The Morgan fingerprint density at radius 2 is 2.00 bits per heavy atom. The molecule has 30 heavy (non-hydrogen) atoms. The minimum absolute atomic E-state index is 0.324. The third-order valence-corrected chi connectivity index (χ3v) is 4.67. The van der Waals surface area contributed by atoms with Crippen molar-refractivity contribution in [1.29, 1.82) is 0 Å². The number of aliphatic hydroxyl groups excluding tert-OH is 1. The molecule has 1 unspecified atom stereocenters. The van der Waals surface area contributed by atoms with Crippen LogP contribution in [0.2, 0.25) is 0 Å². The van der Waals surface area contributed by atoms with Crippen molar-refractivity contribution in [3.63, 3.8) is 0 Å². The number of alkyl halides is 3. The third kappa shape index (κ3) is 4.16. The number of aliphatic hydroxyl groups is 1. The maximum absolute atomic E-state index is 13.1. The molecule has 6 nitrogen and oxygen atoms in total. The quantitative estimate of drug-likeness (QED) is 0.626. The molecule has 4 rings (SSSR count). The van der Waals surface area contributed by atoms with Crippen LogP contribution in [0.15, 0.2) is 54.7 Å². The predicted molar refractivity (Wildman–Crippen MR) is 106 cm³/mol. The van der Waals surface area contributed by atoms with Crippen LogP contribution in [0.1, 0.15) is 11.3 Å². The zero-order valence-corrected chi connectivity index (χ0v) is 16.0. The van der Waals surface area contributed by atoms with E-state index in [1.165, 1.54) is 6.07 Å². The van der Waals surface area contributed by atoms with Crippen LogP contribution in [0, 0.1) is 6.92 Å². The molecular weight excluding hydrogens is 397 g/mol. The van der Waals surface area contributed by atoms with Gasteiger partial charge in [-0.2, -0.15) is 13.2 Å². The molecule has 1 aromatic carbocycles. The van der Waals surface area contributed by atoms with Gasteiger partial charge in [0, 0.05) is 23.1 Å². The number of hydrogen-bond donors (Lipinski definition) is 2. The zero-order valence-electron chi connectivity index (χ0n) is 16.0. The number of benzene rings is 1. The lowest BCUT2D eigenvalue weighted by molar-refractivity contribution is -0.137. The summed E-state index contributed by atoms with van der Waals surface area (Å²) < 4.78 is 44.8. The average molecular weight is 416 g/mol. The summed E-state index contributed by atoms with van der Waals surface area (Å²) in [5.41, 5.74) is 1.40. The van der Waals surface area contributed by atoms with E-state index in [0.29, 0.717) is 41.7 Å². The molecule has 0 aliphatic carbocycles. The molecular formula is C21H19F3N4O2. The van der Waals surface area contributed by atoms with Crippen LogP contribution < -0.4 is 15.0 Å². The molecule has 1 atom stereocenters. The van der Waals surface area contributed by atoms with Gasteiger partial charge < -0.3 is 20.1 Å². The van der Waals surface area contributed by atoms with Gasteiger partial charge in [0.25, 0.3) is 0 Å². The van der Waals surface area contributed by atoms with Crippen LogP contribution in [-0.4, -0.2) is 34.6 Å². The molecule has 1 aliphatic rings. The van der Waals surface area contributed by atoms with Gasteiger partial charge in [-0.25, -0.2) is 4.98 Å². The second-order valence-corrected chi connectivity index (χ2v) is 6.84. The highest BCUT2D eigenvalue weighted by Gasteiger charge is 2.31. The fourth-order valence-corrected chi connectivity index (χ4v) is 3.23. The van der Waals surface area contributed by atoms with Crippen LogP contribution in [-0.2, 0) is 6.18 Å². The second kappa shape index (κ2) is 7.83. The molecule has 0 saturated carbocycles. The van der Waals surface area contributed by atoms with Gasteiger partial charge in [0.1, 0.15) is 6.61 Å². The predicted octanol–water partition coefficient (Wildman–Crippen LogP) is 4.06. The summed E-state index contributed by atoms with van der Waals surface area (Å²) in [6, 6.07) is 11.7. The Labute approximate surface area is 171 Å². The molecule has 0 bridgehead atoms. The first kappa shape index (κ1) is 20.0. The van der Waals surface area contributed by atoms with Crippen molar-refractivity contribution < 1.29 is 23.0 Å². The highest BCUT2D eigenvalue weighted by atomic mass is 19.4. The lowest BCUT2D eigenvalue weighted by Gasteiger charge is -2.34. The number of nitrogens with one attached hydrogen (secondary N) is 1. The Kier molecular flexibility index (Phi) is 5.21. The lowest BCUT2D eigenvalue weighted by atomic mass is 10.1. The second-order valence-electron chi connectivity index (χ2n) is 6.84. The fraction of sp³-hybridized carbons (Fsp3) is 0.238. The summed E-state index contributed by atoms with van der Waals surface area (Å²) in [4.78, 5) is 10.2. The number of rotatable bonds is 4. The maximum atomic E-state index is 13.1. The Balaban J connectivity index is 1.65. The van der Waals surface area contributed by atoms with Crippen LogP contribution in [0.5, 0.6) is 5.75 Å². The Morgan fingerprint density at radius 3 is 2.77 bits per heavy atom. The number of halogens is 3. The minimum atomic E-state index is -4.44. The van der Waals surface area contributed by atoms with Crippen molar-refractivity contribution in [1.82, 2.24) is 9.97 Å². The SMILES string of the molecule is Cc1cc(NC(O)N2CCOc3ccc(-c4cccc(C(F)(F)F)c4)nc32)ccn1. The van der Waals surface area contributed by atoms with E-state index in [9.17, 15) is 18.3 Å². The van der Waals surface area contributed by atoms with Gasteiger partial charge in [-0.3, -0.25) is 4.98 Å². The van der Waals surface area contributed by atoms with E-state index in [-0.39, 0.29) is 0 Å².